The Hall–Kier alpha value is -2.09. The Labute approximate surface area is 132 Å². The van der Waals surface area contributed by atoms with Gasteiger partial charge in [-0.2, -0.15) is 5.26 Å². The van der Waals surface area contributed by atoms with Crippen LogP contribution in [0.2, 0.25) is 0 Å². The first-order valence-electron chi connectivity index (χ1n) is 6.57. The van der Waals surface area contributed by atoms with Crippen molar-refractivity contribution in [2.75, 3.05) is 5.73 Å². The third kappa shape index (κ3) is 2.35. The van der Waals surface area contributed by atoms with Crippen LogP contribution in [0.3, 0.4) is 0 Å². The molecule has 0 aliphatic rings. The van der Waals surface area contributed by atoms with Gasteiger partial charge in [-0.05, 0) is 31.0 Å². The van der Waals surface area contributed by atoms with E-state index in [-0.39, 0.29) is 0 Å². The van der Waals surface area contributed by atoms with Crippen molar-refractivity contribution >= 4 is 28.4 Å². The second-order valence-corrected chi connectivity index (χ2v) is 7.15. The molecular formula is C17H14N2S2. The van der Waals surface area contributed by atoms with Crippen molar-refractivity contribution in [2.24, 2.45) is 0 Å². The lowest BCUT2D eigenvalue weighted by Gasteiger charge is -2.04. The van der Waals surface area contributed by atoms with Crippen LogP contribution in [-0.4, -0.2) is 0 Å². The van der Waals surface area contributed by atoms with E-state index in [9.17, 15) is 5.26 Å². The number of hydrogen-bond donors (Lipinski definition) is 1. The molecule has 0 radical (unpaired) electrons. The second kappa shape index (κ2) is 5.36. The van der Waals surface area contributed by atoms with E-state index < -0.39 is 0 Å². The molecule has 0 aliphatic heterocycles. The summed E-state index contributed by atoms with van der Waals surface area (Å²) in [6, 6.07) is 14.4. The SMILES string of the molecule is Cc1cc(-c2sc(C#N)c(N)c2-c2ccccc2)sc1C. The Morgan fingerprint density at radius 1 is 1.10 bits per heavy atom. The van der Waals surface area contributed by atoms with Crippen molar-refractivity contribution in [3.05, 3.63) is 51.7 Å². The molecule has 0 saturated heterocycles. The van der Waals surface area contributed by atoms with Crippen molar-refractivity contribution in [3.8, 4) is 27.0 Å². The average molecular weight is 310 g/mol. The summed E-state index contributed by atoms with van der Waals surface area (Å²) in [6.45, 7) is 4.23. The van der Waals surface area contributed by atoms with Gasteiger partial charge >= 0.3 is 0 Å². The van der Waals surface area contributed by atoms with Crippen molar-refractivity contribution in [3.63, 3.8) is 0 Å². The highest BCUT2D eigenvalue weighted by Gasteiger charge is 2.20. The summed E-state index contributed by atoms with van der Waals surface area (Å²) in [4.78, 5) is 4.17. The zero-order valence-corrected chi connectivity index (χ0v) is 13.4. The van der Waals surface area contributed by atoms with Crippen LogP contribution in [0.4, 0.5) is 5.69 Å². The number of anilines is 1. The van der Waals surface area contributed by atoms with Gasteiger partial charge in [-0.1, -0.05) is 30.3 Å². The molecule has 0 fully saturated rings. The van der Waals surface area contributed by atoms with Crippen LogP contribution in [0.5, 0.6) is 0 Å². The van der Waals surface area contributed by atoms with E-state index in [4.69, 9.17) is 5.73 Å². The number of rotatable bonds is 2. The normalized spacial score (nSPS) is 10.5. The highest BCUT2D eigenvalue weighted by atomic mass is 32.1. The Balaban J connectivity index is 2.28. The Bertz CT molecular complexity index is 816. The number of thiophene rings is 2. The smallest absolute Gasteiger partial charge is 0.129 e. The number of nitriles is 1. The van der Waals surface area contributed by atoms with E-state index in [2.05, 4.69) is 26.0 Å². The average Bonchev–Trinajstić information content (AvgIpc) is 3.00. The van der Waals surface area contributed by atoms with Crippen molar-refractivity contribution in [2.45, 2.75) is 13.8 Å². The van der Waals surface area contributed by atoms with E-state index >= 15 is 0 Å². The first-order chi connectivity index (χ1) is 10.1. The summed E-state index contributed by atoms with van der Waals surface area (Å²) in [5, 5.41) is 9.29. The second-order valence-electron chi connectivity index (χ2n) is 4.88. The topological polar surface area (TPSA) is 49.8 Å². The van der Waals surface area contributed by atoms with Crippen LogP contribution in [0.25, 0.3) is 20.9 Å². The minimum absolute atomic E-state index is 0.590. The molecule has 2 nitrogen and oxygen atoms in total. The van der Waals surface area contributed by atoms with Crippen molar-refractivity contribution in [1.29, 1.82) is 5.26 Å². The summed E-state index contributed by atoms with van der Waals surface area (Å²) >= 11 is 3.23. The molecule has 4 heteroatoms. The summed E-state index contributed by atoms with van der Waals surface area (Å²) in [5.74, 6) is 0. The highest BCUT2D eigenvalue weighted by Crippen LogP contribution is 2.47. The number of nitrogens with zero attached hydrogens (tertiary/aromatic N) is 1. The monoisotopic (exact) mass is 310 g/mol. The quantitative estimate of drug-likeness (QED) is 0.706. The maximum atomic E-state index is 9.29. The number of hydrogen-bond acceptors (Lipinski definition) is 4. The van der Waals surface area contributed by atoms with Crippen LogP contribution < -0.4 is 5.73 Å². The standard InChI is InChI=1S/C17H14N2S2/c1-10-8-13(20-11(10)2)17-15(12-6-4-3-5-7-12)16(19)14(9-18)21-17/h3-8H,19H2,1-2H3. The van der Waals surface area contributed by atoms with Crippen LogP contribution in [0.1, 0.15) is 15.3 Å². The zero-order valence-electron chi connectivity index (χ0n) is 11.8. The zero-order chi connectivity index (χ0) is 15.0. The van der Waals surface area contributed by atoms with E-state index in [0.717, 1.165) is 16.0 Å². The van der Waals surface area contributed by atoms with E-state index in [1.807, 2.05) is 30.3 Å². The molecule has 0 amide bonds. The molecule has 3 aromatic rings. The molecule has 0 aliphatic carbocycles. The summed E-state index contributed by atoms with van der Waals surface area (Å²) in [5.41, 5.74) is 10.1. The molecule has 0 saturated carbocycles. The molecule has 0 bridgehead atoms. The van der Waals surface area contributed by atoms with E-state index in [0.29, 0.717) is 10.6 Å². The Kier molecular flexibility index (Phi) is 3.54. The first kappa shape index (κ1) is 13.9. The predicted molar refractivity (Wildman–Crippen MR) is 91.7 cm³/mol. The number of benzene rings is 1. The van der Waals surface area contributed by atoms with Crippen LogP contribution in [0, 0.1) is 25.2 Å². The van der Waals surface area contributed by atoms with Crippen molar-refractivity contribution in [1.82, 2.24) is 0 Å². The van der Waals surface area contributed by atoms with Gasteiger partial charge in [-0.15, -0.1) is 22.7 Å². The van der Waals surface area contributed by atoms with Crippen LogP contribution >= 0.6 is 22.7 Å². The molecule has 2 N–H and O–H groups in total. The number of nitrogens with two attached hydrogens (primary N) is 1. The molecule has 104 valence electrons. The van der Waals surface area contributed by atoms with Gasteiger partial charge in [0.25, 0.3) is 0 Å². The molecule has 0 unspecified atom stereocenters. The predicted octanol–water partition coefficient (Wildman–Crippen LogP) is 5.21. The molecule has 0 spiro atoms. The molecule has 2 heterocycles. The van der Waals surface area contributed by atoms with E-state index in [1.54, 1.807) is 11.3 Å². The number of nitrogen functional groups attached to an aromatic ring is 1. The van der Waals surface area contributed by atoms with Crippen LogP contribution in [0.15, 0.2) is 36.4 Å². The van der Waals surface area contributed by atoms with Gasteiger partial charge < -0.3 is 5.73 Å². The minimum Gasteiger partial charge on any atom is -0.396 e. The molecule has 2 aromatic heterocycles. The maximum Gasteiger partial charge on any atom is 0.129 e. The summed E-state index contributed by atoms with van der Waals surface area (Å²) in [7, 11) is 0. The molecular weight excluding hydrogens is 296 g/mol. The third-order valence-corrected chi connectivity index (χ3v) is 5.94. The lowest BCUT2D eigenvalue weighted by atomic mass is 10.0. The van der Waals surface area contributed by atoms with Crippen molar-refractivity contribution < 1.29 is 0 Å². The van der Waals surface area contributed by atoms with Gasteiger partial charge in [-0.3, -0.25) is 0 Å². The van der Waals surface area contributed by atoms with E-state index in [1.165, 1.54) is 26.7 Å². The van der Waals surface area contributed by atoms with Crippen LogP contribution in [-0.2, 0) is 0 Å². The lowest BCUT2D eigenvalue weighted by molar-refractivity contribution is 1.44. The Morgan fingerprint density at radius 3 is 2.38 bits per heavy atom. The fourth-order valence-corrected chi connectivity index (χ4v) is 4.46. The molecule has 21 heavy (non-hydrogen) atoms. The summed E-state index contributed by atoms with van der Waals surface area (Å²) in [6.07, 6.45) is 0. The Morgan fingerprint density at radius 2 is 1.81 bits per heavy atom. The van der Waals surface area contributed by atoms with Gasteiger partial charge in [0, 0.05) is 15.3 Å². The largest absolute Gasteiger partial charge is 0.396 e. The highest BCUT2D eigenvalue weighted by molar-refractivity contribution is 7.23. The third-order valence-electron chi connectivity index (χ3n) is 3.50. The lowest BCUT2D eigenvalue weighted by Crippen LogP contribution is -1.88. The number of aryl methyl sites for hydroxylation is 2. The van der Waals surface area contributed by atoms with Gasteiger partial charge in [-0.25, -0.2) is 0 Å². The molecule has 3 rings (SSSR count). The minimum atomic E-state index is 0.590. The fourth-order valence-electron chi connectivity index (χ4n) is 2.28. The maximum absolute atomic E-state index is 9.29. The van der Waals surface area contributed by atoms with Gasteiger partial charge in [0.2, 0.25) is 0 Å². The first-order valence-corrected chi connectivity index (χ1v) is 8.20. The summed E-state index contributed by atoms with van der Waals surface area (Å²) < 4.78 is 0. The fraction of sp³-hybridized carbons (Fsp3) is 0.118. The molecule has 1 aromatic carbocycles. The van der Waals surface area contributed by atoms with Gasteiger partial charge in [0.1, 0.15) is 10.9 Å². The van der Waals surface area contributed by atoms with Gasteiger partial charge in [0.15, 0.2) is 0 Å². The van der Waals surface area contributed by atoms with Gasteiger partial charge in [0.05, 0.1) is 10.6 Å². The molecule has 0 atom stereocenters.